The molecule has 0 saturated carbocycles. The van der Waals surface area contributed by atoms with Gasteiger partial charge in [-0.1, -0.05) is 72.4 Å². The first-order valence-corrected chi connectivity index (χ1v) is 15.2. The zero-order chi connectivity index (χ0) is 29.4. The third-order valence-electron chi connectivity index (χ3n) is 7.30. The van der Waals surface area contributed by atoms with Crippen molar-refractivity contribution in [1.29, 1.82) is 0 Å². The summed E-state index contributed by atoms with van der Waals surface area (Å²) in [6.45, 7) is 3.25. The molecule has 1 aliphatic heterocycles. The highest BCUT2D eigenvalue weighted by Crippen LogP contribution is 2.29. The number of benzene rings is 3. The lowest BCUT2D eigenvalue weighted by molar-refractivity contribution is 0.0950. The van der Waals surface area contributed by atoms with Crippen LogP contribution >= 0.6 is 11.8 Å². The molecule has 0 bridgehead atoms. The van der Waals surface area contributed by atoms with Crippen LogP contribution in [0.25, 0.3) is 11.3 Å². The molecule has 216 valence electrons. The average molecular weight is 591 g/mol. The van der Waals surface area contributed by atoms with Crippen LogP contribution in [-0.2, 0) is 12.3 Å². The Hall–Kier alpha value is -4.76. The number of pyridine rings is 1. The number of hydrogen-bond donors (Lipinski definition) is 1. The molecule has 6 rings (SSSR count). The van der Waals surface area contributed by atoms with Crippen molar-refractivity contribution in [2.75, 3.05) is 36.0 Å². The van der Waals surface area contributed by atoms with Gasteiger partial charge in [0, 0.05) is 55.3 Å². The first-order valence-electron chi connectivity index (χ1n) is 14.2. The molecule has 1 saturated heterocycles. The Bertz CT molecular complexity index is 1660. The van der Waals surface area contributed by atoms with Crippen LogP contribution in [0.5, 0.6) is 0 Å². The number of rotatable bonds is 9. The minimum absolute atomic E-state index is 0.136. The SMILES string of the molecule is O=C(NCc1ccccn1)c1ccc(CSc2nc(-c3ccccc3)cc(N3CCN(c4ccccc4F)CC3)n2)cc1. The quantitative estimate of drug-likeness (QED) is 0.161. The zero-order valence-corrected chi connectivity index (χ0v) is 24.4. The van der Waals surface area contributed by atoms with E-state index in [2.05, 4.69) is 20.1 Å². The highest BCUT2D eigenvalue weighted by Gasteiger charge is 2.21. The Morgan fingerprint density at radius 2 is 1.53 bits per heavy atom. The molecule has 0 unspecified atom stereocenters. The third-order valence-corrected chi connectivity index (χ3v) is 8.22. The Morgan fingerprint density at radius 1 is 0.814 bits per heavy atom. The lowest BCUT2D eigenvalue weighted by Crippen LogP contribution is -2.47. The maximum atomic E-state index is 14.4. The summed E-state index contributed by atoms with van der Waals surface area (Å²) in [4.78, 5) is 31.0. The highest BCUT2D eigenvalue weighted by atomic mass is 32.2. The topological polar surface area (TPSA) is 74.2 Å². The zero-order valence-electron chi connectivity index (χ0n) is 23.6. The van der Waals surface area contributed by atoms with E-state index in [-0.39, 0.29) is 11.7 Å². The summed E-state index contributed by atoms with van der Waals surface area (Å²) in [7, 11) is 0. The van der Waals surface area contributed by atoms with E-state index in [1.807, 2.05) is 91.0 Å². The van der Waals surface area contributed by atoms with Crippen molar-refractivity contribution in [3.05, 3.63) is 132 Å². The fourth-order valence-electron chi connectivity index (χ4n) is 4.96. The number of anilines is 2. The van der Waals surface area contributed by atoms with Crippen molar-refractivity contribution in [2.45, 2.75) is 17.5 Å². The van der Waals surface area contributed by atoms with Gasteiger partial charge in [0.15, 0.2) is 5.16 Å². The Labute approximate surface area is 254 Å². The van der Waals surface area contributed by atoms with Gasteiger partial charge < -0.3 is 15.1 Å². The molecule has 0 radical (unpaired) electrons. The van der Waals surface area contributed by atoms with Crippen molar-refractivity contribution in [1.82, 2.24) is 20.3 Å². The molecule has 43 heavy (non-hydrogen) atoms. The number of carbonyl (C=O) groups is 1. The summed E-state index contributed by atoms with van der Waals surface area (Å²) in [5.74, 6) is 1.20. The van der Waals surface area contributed by atoms with Gasteiger partial charge in [0.1, 0.15) is 11.6 Å². The number of thioether (sulfide) groups is 1. The number of nitrogens with zero attached hydrogens (tertiary/aromatic N) is 5. The molecule has 0 spiro atoms. The number of para-hydroxylation sites is 1. The number of halogens is 1. The van der Waals surface area contributed by atoms with E-state index < -0.39 is 0 Å². The predicted molar refractivity (Wildman–Crippen MR) is 170 cm³/mol. The van der Waals surface area contributed by atoms with Gasteiger partial charge in [-0.3, -0.25) is 9.78 Å². The van der Waals surface area contributed by atoms with Crippen molar-refractivity contribution < 1.29 is 9.18 Å². The largest absolute Gasteiger partial charge is 0.366 e. The normalized spacial score (nSPS) is 13.1. The number of carbonyl (C=O) groups excluding carboxylic acids is 1. The average Bonchev–Trinajstić information content (AvgIpc) is 3.07. The number of nitrogens with one attached hydrogen (secondary N) is 1. The van der Waals surface area contributed by atoms with E-state index in [0.717, 1.165) is 41.4 Å². The number of hydrogen-bond acceptors (Lipinski definition) is 7. The van der Waals surface area contributed by atoms with Gasteiger partial charge in [0.2, 0.25) is 0 Å². The number of piperazine rings is 1. The van der Waals surface area contributed by atoms with E-state index in [1.54, 1.807) is 24.0 Å². The molecule has 3 heterocycles. The minimum atomic E-state index is -0.193. The van der Waals surface area contributed by atoms with Gasteiger partial charge in [-0.05, 0) is 42.0 Å². The van der Waals surface area contributed by atoms with Crippen LogP contribution in [0.1, 0.15) is 21.6 Å². The molecule has 1 fully saturated rings. The highest BCUT2D eigenvalue weighted by molar-refractivity contribution is 7.98. The first kappa shape index (κ1) is 28.4. The molecule has 0 atom stereocenters. The number of aromatic nitrogens is 3. The summed E-state index contributed by atoms with van der Waals surface area (Å²) < 4.78 is 14.4. The van der Waals surface area contributed by atoms with Crippen LogP contribution in [0, 0.1) is 5.82 Å². The van der Waals surface area contributed by atoms with Crippen LogP contribution in [0.4, 0.5) is 15.9 Å². The summed E-state index contributed by atoms with van der Waals surface area (Å²) in [5.41, 5.74) is 5.02. The van der Waals surface area contributed by atoms with Gasteiger partial charge >= 0.3 is 0 Å². The fraction of sp³-hybridized carbons (Fsp3) is 0.176. The summed E-state index contributed by atoms with van der Waals surface area (Å²) in [5, 5.41) is 3.60. The molecule has 3 aromatic carbocycles. The molecular weight excluding hydrogens is 559 g/mol. The fourth-order valence-corrected chi connectivity index (χ4v) is 5.77. The van der Waals surface area contributed by atoms with Crippen LogP contribution in [0.3, 0.4) is 0 Å². The van der Waals surface area contributed by atoms with E-state index in [9.17, 15) is 9.18 Å². The molecule has 1 N–H and O–H groups in total. The molecule has 2 aromatic heterocycles. The molecule has 5 aromatic rings. The van der Waals surface area contributed by atoms with Crippen LogP contribution in [-0.4, -0.2) is 47.0 Å². The summed E-state index contributed by atoms with van der Waals surface area (Å²) in [6.07, 6.45) is 1.71. The predicted octanol–water partition coefficient (Wildman–Crippen LogP) is 6.23. The summed E-state index contributed by atoms with van der Waals surface area (Å²) >= 11 is 1.56. The lowest BCUT2D eigenvalue weighted by Gasteiger charge is -2.37. The molecule has 9 heteroatoms. The van der Waals surface area contributed by atoms with E-state index in [1.165, 1.54) is 6.07 Å². The van der Waals surface area contributed by atoms with Crippen molar-refractivity contribution in [3.63, 3.8) is 0 Å². The maximum absolute atomic E-state index is 14.4. The van der Waals surface area contributed by atoms with E-state index in [0.29, 0.717) is 41.8 Å². The first-order chi connectivity index (χ1) is 21.1. The van der Waals surface area contributed by atoms with Gasteiger partial charge in [0.25, 0.3) is 5.91 Å². The van der Waals surface area contributed by atoms with Gasteiger partial charge in [-0.15, -0.1) is 0 Å². The van der Waals surface area contributed by atoms with Crippen LogP contribution in [0.2, 0.25) is 0 Å². The van der Waals surface area contributed by atoms with Crippen LogP contribution in [0.15, 0.2) is 114 Å². The Balaban J connectivity index is 1.13. The summed E-state index contributed by atoms with van der Waals surface area (Å²) in [6, 6.07) is 32.3. The standard InChI is InChI=1S/C34H31FN6OS/c35-29-11-4-5-12-31(29)40-18-20-41(21-19-40)32-22-30(26-8-2-1-3-9-26)38-34(39-32)43-24-25-13-15-27(16-14-25)33(42)37-23-28-10-6-7-17-36-28/h1-17,22H,18-21,23-24H2,(H,37,42). The van der Waals surface area contributed by atoms with Crippen molar-refractivity contribution >= 4 is 29.2 Å². The minimum Gasteiger partial charge on any atom is -0.366 e. The smallest absolute Gasteiger partial charge is 0.251 e. The monoisotopic (exact) mass is 590 g/mol. The van der Waals surface area contributed by atoms with Crippen molar-refractivity contribution in [3.8, 4) is 11.3 Å². The second-order valence-electron chi connectivity index (χ2n) is 10.2. The second-order valence-corrected chi connectivity index (χ2v) is 11.1. The van der Waals surface area contributed by atoms with Crippen molar-refractivity contribution in [2.24, 2.45) is 0 Å². The van der Waals surface area contributed by atoms with E-state index in [4.69, 9.17) is 9.97 Å². The molecule has 1 aliphatic rings. The van der Waals surface area contributed by atoms with E-state index >= 15 is 0 Å². The van der Waals surface area contributed by atoms with Gasteiger partial charge in [-0.25, -0.2) is 14.4 Å². The molecular formula is C34H31FN6OS. The molecule has 0 aliphatic carbocycles. The Kier molecular flexibility index (Phi) is 8.89. The molecule has 1 amide bonds. The van der Waals surface area contributed by atoms with Crippen LogP contribution < -0.4 is 15.1 Å². The molecule has 7 nitrogen and oxygen atoms in total. The Morgan fingerprint density at radius 3 is 2.28 bits per heavy atom. The van der Waals surface area contributed by atoms with Gasteiger partial charge in [-0.2, -0.15) is 0 Å². The van der Waals surface area contributed by atoms with Gasteiger partial charge in [0.05, 0.1) is 23.6 Å². The lowest BCUT2D eigenvalue weighted by atomic mass is 10.1. The number of amides is 1. The third kappa shape index (κ3) is 7.18. The second kappa shape index (κ2) is 13.5. The maximum Gasteiger partial charge on any atom is 0.251 e.